The summed E-state index contributed by atoms with van der Waals surface area (Å²) in [6.45, 7) is 1.68. The summed E-state index contributed by atoms with van der Waals surface area (Å²) in [6, 6.07) is 22.3. The fourth-order valence-corrected chi connectivity index (χ4v) is 4.93. The first-order valence-electron chi connectivity index (χ1n) is 10.6. The Bertz CT molecular complexity index is 1400. The monoisotopic (exact) mass is 406 g/mol. The van der Waals surface area contributed by atoms with Crippen LogP contribution in [0.3, 0.4) is 0 Å². The second-order valence-electron chi connectivity index (χ2n) is 8.12. The maximum absolute atomic E-state index is 10.2. The van der Waals surface area contributed by atoms with Crippen LogP contribution >= 0.6 is 0 Å². The van der Waals surface area contributed by atoms with E-state index in [-0.39, 0.29) is 11.8 Å². The molecule has 2 N–H and O–H groups in total. The first kappa shape index (κ1) is 18.1. The molecule has 0 unspecified atom stereocenters. The van der Waals surface area contributed by atoms with E-state index in [1.165, 1.54) is 16.6 Å². The van der Waals surface area contributed by atoms with Crippen molar-refractivity contribution in [1.82, 2.24) is 19.9 Å². The lowest BCUT2D eigenvalue weighted by Gasteiger charge is -2.36. The highest BCUT2D eigenvalue weighted by molar-refractivity contribution is 5.85. The van der Waals surface area contributed by atoms with E-state index < -0.39 is 0 Å². The van der Waals surface area contributed by atoms with Crippen LogP contribution in [0.2, 0.25) is 0 Å². The van der Waals surface area contributed by atoms with Gasteiger partial charge in [0.1, 0.15) is 5.75 Å². The van der Waals surface area contributed by atoms with Crippen LogP contribution in [-0.2, 0) is 13.0 Å². The van der Waals surface area contributed by atoms with Crippen molar-refractivity contribution in [2.24, 2.45) is 0 Å². The van der Waals surface area contributed by atoms with Gasteiger partial charge in [0, 0.05) is 42.1 Å². The maximum atomic E-state index is 10.2. The van der Waals surface area contributed by atoms with Crippen LogP contribution in [0.15, 0.2) is 79.1 Å². The third-order valence-corrected chi connectivity index (χ3v) is 6.28. The van der Waals surface area contributed by atoms with Crippen LogP contribution in [0.5, 0.6) is 5.75 Å². The molecular formula is C26H22N4O. The van der Waals surface area contributed by atoms with E-state index in [0.717, 1.165) is 47.2 Å². The Morgan fingerprint density at radius 1 is 0.968 bits per heavy atom. The molecule has 5 heteroatoms. The average molecular weight is 406 g/mol. The number of fused-ring (bicyclic) bond motifs is 4. The minimum atomic E-state index is 0.0233. The third-order valence-electron chi connectivity index (χ3n) is 6.28. The fraction of sp³-hybridized carbons (Fsp3) is 0.154. The molecule has 2 aromatic heterocycles. The van der Waals surface area contributed by atoms with Crippen molar-refractivity contribution >= 4 is 21.9 Å². The standard InChI is InChI=1S/C26H22N4O/c31-19-7-3-5-17(15-19)26-25-21(20-8-1-2-9-22(20)29-25)11-14-30(26)16-18-6-4-10-23-24(18)28-13-12-27-23/h1-10,12-13,15,26,29,31H,11,14,16H2/t26-/m1/s1. The lowest BCUT2D eigenvalue weighted by atomic mass is 9.91. The van der Waals surface area contributed by atoms with Gasteiger partial charge in [0.15, 0.2) is 0 Å². The molecule has 6 rings (SSSR count). The molecule has 1 aliphatic rings. The lowest BCUT2D eigenvalue weighted by Crippen LogP contribution is -2.35. The zero-order valence-electron chi connectivity index (χ0n) is 17.0. The van der Waals surface area contributed by atoms with Gasteiger partial charge in [-0.1, -0.05) is 42.5 Å². The smallest absolute Gasteiger partial charge is 0.115 e. The van der Waals surface area contributed by atoms with Crippen molar-refractivity contribution in [2.45, 2.75) is 19.0 Å². The van der Waals surface area contributed by atoms with Crippen LogP contribution < -0.4 is 0 Å². The topological polar surface area (TPSA) is 65.0 Å². The van der Waals surface area contributed by atoms with E-state index in [4.69, 9.17) is 0 Å². The minimum Gasteiger partial charge on any atom is -0.508 e. The molecule has 0 saturated heterocycles. The number of benzene rings is 3. The number of aromatic amines is 1. The summed E-state index contributed by atoms with van der Waals surface area (Å²) in [5.74, 6) is 0.289. The molecule has 0 fully saturated rings. The Morgan fingerprint density at radius 2 is 1.84 bits per heavy atom. The number of hydrogen-bond acceptors (Lipinski definition) is 4. The number of nitrogens with zero attached hydrogens (tertiary/aromatic N) is 3. The molecule has 31 heavy (non-hydrogen) atoms. The highest BCUT2D eigenvalue weighted by Crippen LogP contribution is 2.40. The van der Waals surface area contributed by atoms with Crippen LogP contribution in [0.1, 0.15) is 28.4 Å². The van der Waals surface area contributed by atoms with Gasteiger partial charge in [-0.2, -0.15) is 0 Å². The number of rotatable bonds is 3. The molecule has 3 aromatic carbocycles. The summed E-state index contributed by atoms with van der Waals surface area (Å²) in [6.07, 6.45) is 4.47. The van der Waals surface area contributed by atoms with E-state index in [9.17, 15) is 5.11 Å². The molecule has 0 amide bonds. The molecule has 0 aliphatic carbocycles. The van der Waals surface area contributed by atoms with Crippen molar-refractivity contribution in [3.05, 3.63) is 102 Å². The Kier molecular flexibility index (Phi) is 4.21. The van der Waals surface area contributed by atoms with Gasteiger partial charge < -0.3 is 10.1 Å². The number of phenols is 1. The van der Waals surface area contributed by atoms with Crippen molar-refractivity contribution in [1.29, 1.82) is 0 Å². The van der Waals surface area contributed by atoms with Crippen molar-refractivity contribution in [3.8, 4) is 5.75 Å². The highest BCUT2D eigenvalue weighted by atomic mass is 16.3. The minimum absolute atomic E-state index is 0.0233. The molecule has 1 atom stereocenters. The predicted octanol–water partition coefficient (Wildman–Crippen LogP) is 4.96. The fourth-order valence-electron chi connectivity index (χ4n) is 4.93. The molecule has 5 aromatic rings. The van der Waals surface area contributed by atoms with Gasteiger partial charge in [-0.3, -0.25) is 14.9 Å². The molecule has 3 heterocycles. The normalized spacial score (nSPS) is 16.6. The second-order valence-corrected chi connectivity index (χ2v) is 8.12. The Hall–Kier alpha value is -3.70. The van der Waals surface area contributed by atoms with Crippen molar-refractivity contribution in [2.75, 3.05) is 6.54 Å². The first-order chi connectivity index (χ1) is 15.3. The molecule has 5 nitrogen and oxygen atoms in total. The number of para-hydroxylation sites is 2. The second kappa shape index (κ2) is 7.22. The molecule has 152 valence electrons. The Balaban J connectivity index is 1.49. The number of hydrogen-bond donors (Lipinski definition) is 2. The van der Waals surface area contributed by atoms with E-state index in [1.54, 1.807) is 18.5 Å². The number of aromatic nitrogens is 3. The van der Waals surface area contributed by atoms with Gasteiger partial charge in [-0.25, -0.2) is 0 Å². The summed E-state index contributed by atoms with van der Waals surface area (Å²) in [4.78, 5) is 15.2. The van der Waals surface area contributed by atoms with E-state index in [0.29, 0.717) is 0 Å². The van der Waals surface area contributed by atoms with Crippen LogP contribution in [-0.4, -0.2) is 31.5 Å². The summed E-state index contributed by atoms with van der Waals surface area (Å²) >= 11 is 0. The van der Waals surface area contributed by atoms with Gasteiger partial charge in [-0.15, -0.1) is 0 Å². The number of phenolic OH excluding ortho intramolecular Hbond substituents is 1. The largest absolute Gasteiger partial charge is 0.508 e. The zero-order valence-corrected chi connectivity index (χ0v) is 17.0. The molecular weight excluding hydrogens is 384 g/mol. The molecule has 0 spiro atoms. The van der Waals surface area contributed by atoms with Crippen LogP contribution in [0.25, 0.3) is 21.9 Å². The number of H-pyrrole nitrogens is 1. The predicted molar refractivity (Wildman–Crippen MR) is 122 cm³/mol. The Labute approximate surface area is 180 Å². The molecule has 0 saturated carbocycles. The van der Waals surface area contributed by atoms with Gasteiger partial charge in [0.2, 0.25) is 0 Å². The summed E-state index contributed by atoms with van der Waals surface area (Å²) in [5.41, 5.74) is 7.85. The summed E-state index contributed by atoms with van der Waals surface area (Å²) in [7, 11) is 0. The lowest BCUT2D eigenvalue weighted by molar-refractivity contribution is 0.202. The summed E-state index contributed by atoms with van der Waals surface area (Å²) in [5, 5.41) is 11.5. The number of aromatic hydroxyl groups is 1. The molecule has 0 radical (unpaired) electrons. The van der Waals surface area contributed by atoms with Crippen LogP contribution in [0, 0.1) is 0 Å². The van der Waals surface area contributed by atoms with E-state index >= 15 is 0 Å². The van der Waals surface area contributed by atoms with Gasteiger partial charge in [0.05, 0.1) is 17.1 Å². The van der Waals surface area contributed by atoms with Crippen molar-refractivity contribution < 1.29 is 5.11 Å². The van der Waals surface area contributed by atoms with E-state index in [2.05, 4.69) is 56.3 Å². The molecule has 1 aliphatic heterocycles. The molecule has 0 bridgehead atoms. The summed E-state index contributed by atoms with van der Waals surface area (Å²) < 4.78 is 0. The maximum Gasteiger partial charge on any atom is 0.115 e. The number of nitrogens with one attached hydrogen (secondary N) is 1. The highest BCUT2D eigenvalue weighted by Gasteiger charge is 2.32. The van der Waals surface area contributed by atoms with Gasteiger partial charge in [-0.05, 0) is 47.4 Å². The Morgan fingerprint density at radius 3 is 2.77 bits per heavy atom. The first-order valence-corrected chi connectivity index (χ1v) is 10.6. The zero-order chi connectivity index (χ0) is 20.8. The third kappa shape index (κ3) is 3.05. The SMILES string of the molecule is Oc1cccc([C@@H]2c3[nH]c4ccccc4c3CCN2Cc2cccc3nccnc23)c1. The van der Waals surface area contributed by atoms with Crippen molar-refractivity contribution in [3.63, 3.8) is 0 Å². The average Bonchev–Trinajstić information content (AvgIpc) is 3.18. The van der Waals surface area contributed by atoms with Crippen LogP contribution in [0.4, 0.5) is 0 Å². The van der Waals surface area contributed by atoms with Gasteiger partial charge >= 0.3 is 0 Å². The quantitative estimate of drug-likeness (QED) is 0.444. The van der Waals surface area contributed by atoms with Gasteiger partial charge in [0.25, 0.3) is 0 Å². The van der Waals surface area contributed by atoms with E-state index in [1.807, 2.05) is 24.3 Å².